The second-order valence-electron chi connectivity index (χ2n) is 3.55. The summed E-state index contributed by atoms with van der Waals surface area (Å²) in [5, 5.41) is 12.8. The maximum atomic E-state index is 11.0. The first kappa shape index (κ1) is 11.6. The molecule has 1 aromatic carbocycles. The van der Waals surface area contributed by atoms with E-state index in [0.717, 1.165) is 10.6 Å². The highest BCUT2D eigenvalue weighted by Crippen LogP contribution is 2.22. The van der Waals surface area contributed by atoms with Crippen molar-refractivity contribution in [3.63, 3.8) is 0 Å². The minimum atomic E-state index is -0.939. The number of aryl methyl sites for hydroxylation is 1. The van der Waals surface area contributed by atoms with Gasteiger partial charge in [0.25, 0.3) is 0 Å². The summed E-state index contributed by atoms with van der Waals surface area (Å²) >= 11 is 1.18. The van der Waals surface area contributed by atoms with Crippen molar-refractivity contribution >= 4 is 23.1 Å². The van der Waals surface area contributed by atoms with Crippen molar-refractivity contribution in [3.05, 3.63) is 45.8 Å². The molecule has 0 amide bonds. The molecular weight excluding hydrogens is 236 g/mol. The Morgan fingerprint density at radius 3 is 2.76 bits per heavy atom. The number of thiazole rings is 1. The van der Waals surface area contributed by atoms with E-state index in [4.69, 9.17) is 5.11 Å². The molecule has 2 N–H and O–H groups in total. The van der Waals surface area contributed by atoms with Gasteiger partial charge in [-0.15, -0.1) is 11.3 Å². The van der Waals surface area contributed by atoms with Gasteiger partial charge in [0, 0.05) is 6.54 Å². The van der Waals surface area contributed by atoms with E-state index in [-0.39, 0.29) is 4.88 Å². The number of carboxylic acid groups (broad SMARTS) is 1. The van der Waals surface area contributed by atoms with Gasteiger partial charge in [0.15, 0.2) is 10.7 Å². The van der Waals surface area contributed by atoms with Crippen molar-refractivity contribution < 1.29 is 9.90 Å². The summed E-state index contributed by atoms with van der Waals surface area (Å²) in [6, 6.07) is 9.79. The lowest BCUT2D eigenvalue weighted by atomic mass is 10.2. The van der Waals surface area contributed by atoms with Crippen molar-refractivity contribution in [3.8, 4) is 0 Å². The standard InChI is InChI=1S/C12H12N2O2S/c1-8-14-11(10(17-8)12(15)16)13-7-9-5-3-2-4-6-9/h2-6,13H,7H2,1H3,(H,15,16). The van der Waals surface area contributed by atoms with Crippen LogP contribution < -0.4 is 5.32 Å². The van der Waals surface area contributed by atoms with Crippen molar-refractivity contribution in [2.24, 2.45) is 0 Å². The number of benzene rings is 1. The Bertz CT molecular complexity index is 523. The van der Waals surface area contributed by atoms with Gasteiger partial charge >= 0.3 is 5.97 Å². The van der Waals surface area contributed by atoms with Gasteiger partial charge in [0.1, 0.15) is 0 Å². The third-order valence-corrected chi connectivity index (χ3v) is 3.19. The number of hydrogen-bond donors (Lipinski definition) is 2. The molecule has 88 valence electrons. The Balaban J connectivity index is 2.11. The zero-order valence-electron chi connectivity index (χ0n) is 9.30. The van der Waals surface area contributed by atoms with Crippen LogP contribution in [0.2, 0.25) is 0 Å². The predicted octanol–water partition coefficient (Wildman–Crippen LogP) is 2.76. The van der Waals surface area contributed by atoms with E-state index in [1.807, 2.05) is 30.3 Å². The monoisotopic (exact) mass is 248 g/mol. The molecule has 5 heteroatoms. The van der Waals surface area contributed by atoms with Gasteiger partial charge in [-0.1, -0.05) is 30.3 Å². The summed E-state index contributed by atoms with van der Waals surface area (Å²) in [5.74, 6) is -0.491. The van der Waals surface area contributed by atoms with Crippen LogP contribution in [0.15, 0.2) is 30.3 Å². The Morgan fingerprint density at radius 2 is 2.12 bits per heavy atom. The molecule has 0 bridgehead atoms. The number of carbonyl (C=O) groups is 1. The number of carboxylic acids is 1. The molecule has 0 atom stereocenters. The van der Waals surface area contributed by atoms with Gasteiger partial charge in [-0.25, -0.2) is 9.78 Å². The Kier molecular flexibility index (Phi) is 3.39. The van der Waals surface area contributed by atoms with Crippen LogP contribution in [0.1, 0.15) is 20.2 Å². The minimum absolute atomic E-state index is 0.262. The van der Waals surface area contributed by atoms with Crippen LogP contribution in [-0.4, -0.2) is 16.1 Å². The number of hydrogen-bond acceptors (Lipinski definition) is 4. The molecule has 0 aliphatic rings. The van der Waals surface area contributed by atoms with E-state index in [1.54, 1.807) is 6.92 Å². The quantitative estimate of drug-likeness (QED) is 0.873. The van der Waals surface area contributed by atoms with Crippen LogP contribution in [0.25, 0.3) is 0 Å². The Hall–Kier alpha value is -1.88. The lowest BCUT2D eigenvalue weighted by Crippen LogP contribution is -2.04. The smallest absolute Gasteiger partial charge is 0.349 e. The third-order valence-electron chi connectivity index (χ3n) is 2.23. The zero-order valence-corrected chi connectivity index (χ0v) is 10.1. The summed E-state index contributed by atoms with van der Waals surface area (Å²) in [6.45, 7) is 2.37. The van der Waals surface area contributed by atoms with Crippen LogP contribution in [0, 0.1) is 6.92 Å². The lowest BCUT2D eigenvalue weighted by Gasteiger charge is -2.03. The van der Waals surface area contributed by atoms with Gasteiger partial charge in [-0.2, -0.15) is 0 Å². The number of aromatic nitrogens is 1. The molecule has 0 radical (unpaired) electrons. The Labute approximate surface area is 103 Å². The number of rotatable bonds is 4. The van der Waals surface area contributed by atoms with E-state index < -0.39 is 5.97 Å². The summed E-state index contributed by atoms with van der Waals surface area (Å²) in [5.41, 5.74) is 1.09. The molecule has 1 aromatic heterocycles. The average Bonchev–Trinajstić information content (AvgIpc) is 2.69. The normalized spacial score (nSPS) is 10.2. The van der Waals surface area contributed by atoms with Crippen LogP contribution in [0.3, 0.4) is 0 Å². The zero-order chi connectivity index (χ0) is 12.3. The molecule has 0 aliphatic carbocycles. The van der Waals surface area contributed by atoms with E-state index in [1.165, 1.54) is 11.3 Å². The topological polar surface area (TPSA) is 62.2 Å². The van der Waals surface area contributed by atoms with Crippen molar-refractivity contribution in [2.75, 3.05) is 5.32 Å². The van der Waals surface area contributed by atoms with Gasteiger partial charge < -0.3 is 10.4 Å². The molecule has 0 spiro atoms. The predicted molar refractivity (Wildman–Crippen MR) is 67.6 cm³/mol. The first-order chi connectivity index (χ1) is 8.16. The number of nitrogens with zero attached hydrogens (tertiary/aromatic N) is 1. The maximum Gasteiger partial charge on any atom is 0.349 e. The third kappa shape index (κ3) is 2.82. The summed E-state index contributed by atoms with van der Waals surface area (Å²) in [6.07, 6.45) is 0. The SMILES string of the molecule is Cc1nc(NCc2ccccc2)c(C(=O)O)s1. The molecular formula is C12H12N2O2S. The number of nitrogens with one attached hydrogen (secondary N) is 1. The number of aromatic carboxylic acids is 1. The van der Waals surface area contributed by atoms with Gasteiger partial charge in [0.2, 0.25) is 0 Å². The largest absolute Gasteiger partial charge is 0.477 e. The van der Waals surface area contributed by atoms with Crippen molar-refractivity contribution in [1.29, 1.82) is 0 Å². The Morgan fingerprint density at radius 1 is 1.41 bits per heavy atom. The summed E-state index contributed by atoms with van der Waals surface area (Å²) in [7, 11) is 0. The second-order valence-corrected chi connectivity index (χ2v) is 4.76. The van der Waals surface area contributed by atoms with E-state index >= 15 is 0 Å². The maximum absolute atomic E-state index is 11.0. The highest BCUT2D eigenvalue weighted by atomic mass is 32.1. The van der Waals surface area contributed by atoms with Crippen LogP contribution in [0.5, 0.6) is 0 Å². The average molecular weight is 248 g/mol. The molecule has 0 saturated carbocycles. The summed E-state index contributed by atoms with van der Waals surface area (Å²) in [4.78, 5) is 15.4. The molecule has 0 fully saturated rings. The van der Waals surface area contributed by atoms with Gasteiger partial charge in [0.05, 0.1) is 5.01 Å². The lowest BCUT2D eigenvalue weighted by molar-refractivity contribution is 0.0703. The molecule has 0 unspecified atom stereocenters. The molecule has 1 heterocycles. The van der Waals surface area contributed by atoms with Crippen molar-refractivity contribution in [2.45, 2.75) is 13.5 Å². The minimum Gasteiger partial charge on any atom is -0.477 e. The molecule has 2 rings (SSSR count). The van der Waals surface area contributed by atoms with E-state index in [0.29, 0.717) is 12.4 Å². The molecule has 0 aliphatic heterocycles. The summed E-state index contributed by atoms with van der Waals surface area (Å²) < 4.78 is 0. The van der Waals surface area contributed by atoms with Crippen molar-refractivity contribution in [1.82, 2.24) is 4.98 Å². The fraction of sp³-hybridized carbons (Fsp3) is 0.167. The first-order valence-electron chi connectivity index (χ1n) is 5.15. The highest BCUT2D eigenvalue weighted by molar-refractivity contribution is 7.14. The number of anilines is 1. The van der Waals surface area contributed by atoms with Crippen LogP contribution in [-0.2, 0) is 6.54 Å². The first-order valence-corrected chi connectivity index (χ1v) is 5.97. The van der Waals surface area contributed by atoms with Crippen LogP contribution in [0.4, 0.5) is 5.82 Å². The fourth-order valence-corrected chi connectivity index (χ4v) is 2.21. The second kappa shape index (κ2) is 4.97. The molecule has 2 aromatic rings. The molecule has 0 saturated heterocycles. The fourth-order valence-electron chi connectivity index (χ4n) is 1.47. The van der Waals surface area contributed by atoms with Gasteiger partial charge in [-0.05, 0) is 12.5 Å². The van der Waals surface area contributed by atoms with E-state index in [9.17, 15) is 4.79 Å². The molecule has 4 nitrogen and oxygen atoms in total. The highest BCUT2D eigenvalue weighted by Gasteiger charge is 2.15. The van der Waals surface area contributed by atoms with Gasteiger partial charge in [-0.3, -0.25) is 0 Å². The van der Waals surface area contributed by atoms with E-state index in [2.05, 4.69) is 10.3 Å². The van der Waals surface area contributed by atoms with Crippen LogP contribution >= 0.6 is 11.3 Å². The molecule has 17 heavy (non-hydrogen) atoms.